The van der Waals surface area contributed by atoms with Gasteiger partial charge in [-0.05, 0) is 19.1 Å². The van der Waals surface area contributed by atoms with Crippen molar-refractivity contribution in [2.45, 2.75) is 13.0 Å². The predicted octanol–water partition coefficient (Wildman–Crippen LogP) is 1.53. The van der Waals surface area contributed by atoms with Crippen molar-refractivity contribution in [2.24, 2.45) is 0 Å². The number of anilines is 1. The molecular weight excluding hydrogens is 274 g/mol. The minimum atomic E-state index is -0.609. The molecule has 120 valence electrons. The first-order valence-electron chi connectivity index (χ1n) is 7.00. The molecule has 6 nitrogen and oxygen atoms in total. The van der Waals surface area contributed by atoms with E-state index in [4.69, 9.17) is 18.9 Å². The summed E-state index contributed by atoms with van der Waals surface area (Å²) in [7, 11) is 3.20. The maximum Gasteiger partial charge on any atom is 0.142 e. The highest BCUT2D eigenvalue weighted by molar-refractivity contribution is 5.59. The highest BCUT2D eigenvalue weighted by Crippen LogP contribution is 2.28. The van der Waals surface area contributed by atoms with E-state index in [2.05, 4.69) is 5.32 Å². The molecule has 1 aromatic carbocycles. The van der Waals surface area contributed by atoms with Gasteiger partial charge in [0.25, 0.3) is 0 Å². The summed E-state index contributed by atoms with van der Waals surface area (Å²) >= 11 is 0. The van der Waals surface area contributed by atoms with Crippen molar-refractivity contribution >= 4 is 5.69 Å². The summed E-state index contributed by atoms with van der Waals surface area (Å²) in [4.78, 5) is 0. The Morgan fingerprint density at radius 1 is 1.14 bits per heavy atom. The molecule has 0 heterocycles. The van der Waals surface area contributed by atoms with Gasteiger partial charge in [-0.1, -0.05) is 0 Å². The standard InChI is InChI=1S/C15H25NO5/c1-4-20-7-8-21-11-12(17)10-16-14-9-13(18-2)5-6-15(14)19-3/h5-6,9,12,16-17H,4,7-8,10-11H2,1-3H3. The Kier molecular flexibility index (Phi) is 8.57. The van der Waals surface area contributed by atoms with E-state index in [-0.39, 0.29) is 6.61 Å². The van der Waals surface area contributed by atoms with Crippen LogP contribution in [0.15, 0.2) is 18.2 Å². The molecule has 0 bridgehead atoms. The third-order valence-electron chi connectivity index (χ3n) is 2.82. The van der Waals surface area contributed by atoms with Gasteiger partial charge in [-0.25, -0.2) is 0 Å². The average molecular weight is 299 g/mol. The van der Waals surface area contributed by atoms with Crippen molar-refractivity contribution in [3.8, 4) is 11.5 Å². The van der Waals surface area contributed by atoms with Gasteiger partial charge in [0.15, 0.2) is 0 Å². The molecule has 1 aromatic rings. The first-order chi connectivity index (χ1) is 10.2. The molecule has 6 heteroatoms. The van der Waals surface area contributed by atoms with Gasteiger partial charge >= 0.3 is 0 Å². The Morgan fingerprint density at radius 3 is 2.57 bits per heavy atom. The third-order valence-corrected chi connectivity index (χ3v) is 2.82. The lowest BCUT2D eigenvalue weighted by Gasteiger charge is -2.16. The summed E-state index contributed by atoms with van der Waals surface area (Å²) < 4.78 is 20.9. The van der Waals surface area contributed by atoms with E-state index in [0.717, 1.165) is 11.4 Å². The smallest absolute Gasteiger partial charge is 0.142 e. The molecule has 1 unspecified atom stereocenters. The first kappa shape index (κ1) is 17.6. The summed E-state index contributed by atoms with van der Waals surface area (Å²) in [5, 5.41) is 13.0. The van der Waals surface area contributed by atoms with E-state index < -0.39 is 6.10 Å². The second-order valence-electron chi connectivity index (χ2n) is 4.37. The van der Waals surface area contributed by atoms with Gasteiger partial charge < -0.3 is 29.4 Å². The molecule has 2 N–H and O–H groups in total. The maximum atomic E-state index is 9.86. The van der Waals surface area contributed by atoms with Crippen LogP contribution < -0.4 is 14.8 Å². The third kappa shape index (κ3) is 6.66. The highest BCUT2D eigenvalue weighted by Gasteiger charge is 2.08. The Balaban J connectivity index is 2.36. The SMILES string of the molecule is CCOCCOCC(O)CNc1cc(OC)ccc1OC. The van der Waals surface area contributed by atoms with Gasteiger partial charge in [0.2, 0.25) is 0 Å². The van der Waals surface area contributed by atoms with Gasteiger partial charge in [0, 0.05) is 19.2 Å². The summed E-state index contributed by atoms with van der Waals surface area (Å²) in [5.41, 5.74) is 0.769. The van der Waals surface area contributed by atoms with Crippen LogP contribution in [0.4, 0.5) is 5.69 Å². The topological polar surface area (TPSA) is 69.2 Å². The Morgan fingerprint density at radius 2 is 1.90 bits per heavy atom. The lowest BCUT2D eigenvalue weighted by atomic mass is 10.2. The van der Waals surface area contributed by atoms with Crippen LogP contribution in [0.25, 0.3) is 0 Å². The zero-order valence-electron chi connectivity index (χ0n) is 12.9. The maximum absolute atomic E-state index is 9.86. The van der Waals surface area contributed by atoms with Gasteiger partial charge in [0.1, 0.15) is 11.5 Å². The molecule has 0 spiro atoms. The van der Waals surface area contributed by atoms with Gasteiger partial charge in [-0.15, -0.1) is 0 Å². The Hall–Kier alpha value is -1.50. The molecule has 0 aromatic heterocycles. The molecule has 0 saturated carbocycles. The average Bonchev–Trinajstić information content (AvgIpc) is 2.52. The number of aliphatic hydroxyl groups is 1. The van der Waals surface area contributed by atoms with Gasteiger partial charge in [0.05, 0.1) is 45.8 Å². The van der Waals surface area contributed by atoms with Crippen LogP contribution >= 0.6 is 0 Å². The summed E-state index contributed by atoms with van der Waals surface area (Å²) in [5.74, 6) is 1.42. The number of rotatable bonds is 11. The fraction of sp³-hybridized carbons (Fsp3) is 0.600. The minimum absolute atomic E-state index is 0.256. The van der Waals surface area contributed by atoms with Crippen molar-refractivity contribution in [1.82, 2.24) is 0 Å². The molecular formula is C15H25NO5. The first-order valence-corrected chi connectivity index (χ1v) is 7.00. The summed E-state index contributed by atoms with van der Waals surface area (Å²) in [6.45, 7) is 4.24. The summed E-state index contributed by atoms with van der Waals surface area (Å²) in [6, 6.07) is 5.45. The van der Waals surface area contributed by atoms with Crippen molar-refractivity contribution in [3.05, 3.63) is 18.2 Å². The van der Waals surface area contributed by atoms with E-state index in [0.29, 0.717) is 32.1 Å². The van der Waals surface area contributed by atoms with Crippen LogP contribution in [-0.4, -0.2) is 58.4 Å². The lowest BCUT2D eigenvalue weighted by Crippen LogP contribution is -2.25. The summed E-state index contributed by atoms with van der Waals surface area (Å²) in [6.07, 6.45) is -0.609. The zero-order chi connectivity index (χ0) is 15.5. The normalized spacial score (nSPS) is 12.0. The quantitative estimate of drug-likeness (QED) is 0.604. The zero-order valence-corrected chi connectivity index (χ0v) is 12.9. The van der Waals surface area contributed by atoms with Crippen molar-refractivity contribution in [3.63, 3.8) is 0 Å². The molecule has 1 rings (SSSR count). The molecule has 0 aliphatic carbocycles. The Bertz CT molecular complexity index is 400. The van der Waals surface area contributed by atoms with E-state index >= 15 is 0 Å². The van der Waals surface area contributed by atoms with E-state index in [1.807, 2.05) is 25.1 Å². The van der Waals surface area contributed by atoms with Crippen LogP contribution in [0.2, 0.25) is 0 Å². The second-order valence-corrected chi connectivity index (χ2v) is 4.37. The molecule has 0 saturated heterocycles. The number of hydrogen-bond donors (Lipinski definition) is 2. The molecule has 0 fully saturated rings. The van der Waals surface area contributed by atoms with Crippen molar-refractivity contribution < 1.29 is 24.1 Å². The van der Waals surface area contributed by atoms with Gasteiger partial charge in [-0.2, -0.15) is 0 Å². The molecule has 1 atom stereocenters. The monoisotopic (exact) mass is 299 g/mol. The molecule has 0 aliphatic rings. The largest absolute Gasteiger partial charge is 0.497 e. The predicted molar refractivity (Wildman–Crippen MR) is 81.4 cm³/mol. The second kappa shape index (κ2) is 10.3. The number of ether oxygens (including phenoxy) is 4. The number of aliphatic hydroxyl groups excluding tert-OH is 1. The Labute approximate surface area is 126 Å². The number of nitrogens with one attached hydrogen (secondary N) is 1. The molecule has 0 amide bonds. The van der Waals surface area contributed by atoms with Gasteiger partial charge in [-0.3, -0.25) is 0 Å². The van der Waals surface area contributed by atoms with E-state index in [1.165, 1.54) is 0 Å². The van der Waals surface area contributed by atoms with E-state index in [9.17, 15) is 5.11 Å². The fourth-order valence-electron chi connectivity index (χ4n) is 1.72. The van der Waals surface area contributed by atoms with Crippen LogP contribution in [0.3, 0.4) is 0 Å². The lowest BCUT2D eigenvalue weighted by molar-refractivity contribution is 0.0103. The molecule has 0 aliphatic heterocycles. The van der Waals surface area contributed by atoms with Crippen LogP contribution in [-0.2, 0) is 9.47 Å². The number of methoxy groups -OCH3 is 2. The highest BCUT2D eigenvalue weighted by atomic mass is 16.5. The van der Waals surface area contributed by atoms with Crippen LogP contribution in [0.5, 0.6) is 11.5 Å². The minimum Gasteiger partial charge on any atom is -0.497 e. The number of benzene rings is 1. The van der Waals surface area contributed by atoms with Crippen molar-refractivity contribution in [2.75, 3.05) is 52.5 Å². The van der Waals surface area contributed by atoms with Crippen molar-refractivity contribution in [1.29, 1.82) is 0 Å². The van der Waals surface area contributed by atoms with E-state index in [1.54, 1.807) is 14.2 Å². The number of hydrogen-bond acceptors (Lipinski definition) is 6. The van der Waals surface area contributed by atoms with Crippen LogP contribution in [0.1, 0.15) is 6.92 Å². The molecule has 21 heavy (non-hydrogen) atoms. The molecule has 0 radical (unpaired) electrons. The fourth-order valence-corrected chi connectivity index (χ4v) is 1.72. The van der Waals surface area contributed by atoms with Crippen LogP contribution in [0, 0.1) is 0 Å².